The third-order valence-electron chi connectivity index (χ3n) is 2.53. The zero-order chi connectivity index (χ0) is 15.9. The van der Waals surface area contributed by atoms with Gasteiger partial charge in [-0.1, -0.05) is 11.8 Å². The lowest BCUT2D eigenvalue weighted by molar-refractivity contribution is 0.0960. The highest BCUT2D eigenvalue weighted by molar-refractivity contribution is 7.89. The van der Waals surface area contributed by atoms with E-state index in [0.717, 1.165) is 4.31 Å². The second-order valence-electron chi connectivity index (χ2n) is 4.29. The van der Waals surface area contributed by atoms with Crippen molar-refractivity contribution in [1.82, 2.24) is 9.62 Å². The Morgan fingerprint density at radius 2 is 2.19 bits per heavy atom. The summed E-state index contributed by atoms with van der Waals surface area (Å²) in [5.41, 5.74) is 0.585. The molecule has 0 saturated carbocycles. The van der Waals surface area contributed by atoms with Gasteiger partial charge in [0, 0.05) is 32.6 Å². The highest BCUT2D eigenvalue weighted by atomic mass is 32.2. The molecular weight excluding hydrogens is 312 g/mol. The second-order valence-corrected chi connectivity index (χ2v) is 7.51. The predicted molar refractivity (Wildman–Crippen MR) is 82.7 cm³/mol. The molecule has 0 aliphatic rings. The quantitative estimate of drug-likeness (QED) is 0.725. The molecule has 116 valence electrons. The van der Waals surface area contributed by atoms with Gasteiger partial charge < -0.3 is 10.4 Å². The molecule has 0 aliphatic heterocycles. The first kappa shape index (κ1) is 17.7. The van der Waals surface area contributed by atoms with E-state index in [1.807, 2.05) is 0 Å². The fourth-order valence-electron chi connectivity index (χ4n) is 1.35. The first-order valence-electron chi connectivity index (χ1n) is 6.24. The van der Waals surface area contributed by atoms with Gasteiger partial charge in [0.25, 0.3) is 5.91 Å². The molecular formula is C13H18N2O4S2. The van der Waals surface area contributed by atoms with E-state index in [0.29, 0.717) is 16.9 Å². The number of thiophene rings is 1. The fraction of sp³-hybridized carbons (Fsp3) is 0.462. The number of aliphatic hydroxyl groups is 1. The van der Waals surface area contributed by atoms with E-state index in [4.69, 9.17) is 5.11 Å². The van der Waals surface area contributed by atoms with E-state index in [1.165, 1.54) is 25.4 Å². The number of sulfonamides is 1. The minimum atomic E-state index is -3.32. The molecule has 1 aromatic rings. The molecule has 0 radical (unpaired) electrons. The predicted octanol–water partition coefficient (Wildman–Crippen LogP) is 0.103. The molecule has 8 heteroatoms. The van der Waals surface area contributed by atoms with Crippen LogP contribution < -0.4 is 5.32 Å². The Morgan fingerprint density at radius 1 is 1.48 bits per heavy atom. The largest absolute Gasteiger partial charge is 0.395 e. The topological polar surface area (TPSA) is 86.7 Å². The normalized spacial score (nSPS) is 11.0. The van der Waals surface area contributed by atoms with E-state index in [1.54, 1.807) is 11.4 Å². The number of hydrogen-bond donors (Lipinski definition) is 2. The van der Waals surface area contributed by atoms with Crippen molar-refractivity contribution in [2.24, 2.45) is 0 Å². The van der Waals surface area contributed by atoms with Gasteiger partial charge in [-0.05, 0) is 11.4 Å². The van der Waals surface area contributed by atoms with Crippen molar-refractivity contribution in [2.75, 3.05) is 33.0 Å². The van der Waals surface area contributed by atoms with Crippen LogP contribution in [0.4, 0.5) is 0 Å². The van der Waals surface area contributed by atoms with E-state index >= 15 is 0 Å². The number of carbonyl (C=O) groups excluding carboxylic acids is 1. The first-order valence-corrected chi connectivity index (χ1v) is 8.73. The van der Waals surface area contributed by atoms with E-state index in [9.17, 15) is 13.2 Å². The van der Waals surface area contributed by atoms with Gasteiger partial charge in [0.05, 0.1) is 12.4 Å². The molecule has 21 heavy (non-hydrogen) atoms. The van der Waals surface area contributed by atoms with Gasteiger partial charge in [-0.15, -0.1) is 11.3 Å². The number of aliphatic hydroxyl groups excluding tert-OH is 1. The van der Waals surface area contributed by atoms with Crippen LogP contribution in [0.3, 0.4) is 0 Å². The Bertz CT molecular complexity index is 639. The highest BCUT2D eigenvalue weighted by Gasteiger charge is 2.16. The summed E-state index contributed by atoms with van der Waals surface area (Å²) in [5, 5.41) is 13.0. The van der Waals surface area contributed by atoms with Crippen LogP contribution in [0.15, 0.2) is 11.4 Å². The lowest BCUT2D eigenvalue weighted by Gasteiger charge is -2.11. The number of rotatable bonds is 6. The molecule has 0 bridgehead atoms. The Balaban J connectivity index is 2.62. The average molecular weight is 330 g/mol. The Kier molecular flexibility index (Phi) is 6.84. The van der Waals surface area contributed by atoms with Gasteiger partial charge in [-0.3, -0.25) is 4.79 Å². The van der Waals surface area contributed by atoms with Crippen molar-refractivity contribution in [3.8, 4) is 11.8 Å². The molecule has 0 spiro atoms. The van der Waals surface area contributed by atoms with E-state index in [-0.39, 0.29) is 24.8 Å². The van der Waals surface area contributed by atoms with Crippen LogP contribution in [-0.2, 0) is 10.0 Å². The molecule has 6 nitrogen and oxygen atoms in total. The summed E-state index contributed by atoms with van der Waals surface area (Å²) in [6, 6.07) is 1.72. The molecule has 0 aliphatic carbocycles. The first-order chi connectivity index (χ1) is 9.88. The van der Waals surface area contributed by atoms with Crippen LogP contribution >= 0.6 is 11.3 Å². The smallest absolute Gasteiger partial charge is 0.262 e. The maximum Gasteiger partial charge on any atom is 0.262 e. The van der Waals surface area contributed by atoms with Crippen molar-refractivity contribution in [2.45, 2.75) is 6.42 Å². The minimum absolute atomic E-state index is 0.0267. The second kappa shape index (κ2) is 8.14. The van der Waals surface area contributed by atoms with Crippen molar-refractivity contribution in [3.05, 3.63) is 21.9 Å². The Labute approximate surface area is 128 Å². The molecule has 0 saturated heterocycles. The Morgan fingerprint density at radius 3 is 2.81 bits per heavy atom. The number of hydrogen-bond acceptors (Lipinski definition) is 5. The third kappa shape index (κ3) is 5.47. The summed E-state index contributed by atoms with van der Waals surface area (Å²) in [6.45, 7) is 0.0157. The molecule has 0 fully saturated rings. The van der Waals surface area contributed by atoms with Crippen LogP contribution in [0.1, 0.15) is 21.7 Å². The van der Waals surface area contributed by atoms with Crippen LogP contribution in [0.2, 0.25) is 0 Å². The van der Waals surface area contributed by atoms with Crippen LogP contribution in [0, 0.1) is 11.8 Å². The van der Waals surface area contributed by atoms with Crippen LogP contribution in [-0.4, -0.2) is 56.7 Å². The molecule has 0 atom stereocenters. The van der Waals surface area contributed by atoms with Crippen molar-refractivity contribution in [3.63, 3.8) is 0 Å². The average Bonchev–Trinajstić information content (AvgIpc) is 2.87. The Hall–Kier alpha value is -1.40. The summed E-state index contributed by atoms with van der Waals surface area (Å²) < 4.78 is 24.3. The van der Waals surface area contributed by atoms with Gasteiger partial charge in [-0.2, -0.15) is 0 Å². The SMILES string of the molecule is CN(C)S(=O)(=O)CCNC(=O)c1sccc1C#CCCO. The van der Waals surface area contributed by atoms with Gasteiger partial charge in [0.15, 0.2) is 0 Å². The molecule has 1 aromatic heterocycles. The maximum atomic E-state index is 12.0. The number of nitrogens with one attached hydrogen (secondary N) is 1. The lowest BCUT2D eigenvalue weighted by Crippen LogP contribution is -2.33. The van der Waals surface area contributed by atoms with Crippen molar-refractivity contribution < 1.29 is 18.3 Å². The number of nitrogens with zero attached hydrogens (tertiary/aromatic N) is 1. The van der Waals surface area contributed by atoms with Gasteiger partial charge in [-0.25, -0.2) is 12.7 Å². The molecule has 1 rings (SSSR count). The summed E-state index contributed by atoms with van der Waals surface area (Å²) in [4.78, 5) is 12.4. The molecule has 1 amide bonds. The summed E-state index contributed by atoms with van der Waals surface area (Å²) in [5.74, 6) is 5.07. The lowest BCUT2D eigenvalue weighted by atomic mass is 10.2. The summed E-state index contributed by atoms with van der Waals surface area (Å²) in [7, 11) is -0.425. The molecule has 0 aromatic carbocycles. The van der Waals surface area contributed by atoms with Gasteiger partial charge in [0.1, 0.15) is 4.88 Å². The third-order valence-corrected chi connectivity index (χ3v) is 5.28. The zero-order valence-electron chi connectivity index (χ0n) is 11.9. The minimum Gasteiger partial charge on any atom is -0.395 e. The van der Waals surface area contributed by atoms with Crippen molar-refractivity contribution >= 4 is 27.3 Å². The monoisotopic (exact) mass is 330 g/mol. The molecule has 2 N–H and O–H groups in total. The number of amides is 1. The molecule has 1 heterocycles. The standard InChI is InChI=1S/C13H18N2O4S2/c1-15(2)21(18,19)10-7-14-13(17)12-11(6-9-20-12)5-3-4-8-16/h6,9,16H,4,7-8,10H2,1-2H3,(H,14,17). The number of carbonyl (C=O) groups is 1. The maximum absolute atomic E-state index is 12.0. The summed E-state index contributed by atoms with van der Waals surface area (Å²) in [6.07, 6.45) is 0.345. The van der Waals surface area contributed by atoms with E-state index in [2.05, 4.69) is 17.2 Å². The van der Waals surface area contributed by atoms with Crippen LogP contribution in [0.25, 0.3) is 0 Å². The summed E-state index contributed by atoms with van der Waals surface area (Å²) >= 11 is 1.24. The van der Waals surface area contributed by atoms with Gasteiger partial charge >= 0.3 is 0 Å². The zero-order valence-corrected chi connectivity index (χ0v) is 13.6. The van der Waals surface area contributed by atoms with Gasteiger partial charge in [0.2, 0.25) is 10.0 Å². The van der Waals surface area contributed by atoms with E-state index < -0.39 is 10.0 Å². The molecule has 0 unspecified atom stereocenters. The van der Waals surface area contributed by atoms with Crippen LogP contribution in [0.5, 0.6) is 0 Å². The van der Waals surface area contributed by atoms with Crippen molar-refractivity contribution in [1.29, 1.82) is 0 Å². The highest BCUT2D eigenvalue weighted by Crippen LogP contribution is 2.15. The fourth-order valence-corrected chi connectivity index (χ4v) is 2.84.